The van der Waals surface area contributed by atoms with E-state index in [-0.39, 0.29) is 17.0 Å². The van der Waals surface area contributed by atoms with E-state index in [1.807, 2.05) is 13.0 Å². The van der Waals surface area contributed by atoms with Crippen LogP contribution in [-0.2, 0) is 0 Å². The van der Waals surface area contributed by atoms with Crippen molar-refractivity contribution in [1.29, 1.82) is 0 Å². The van der Waals surface area contributed by atoms with Gasteiger partial charge in [-0.3, -0.25) is 19.7 Å². The highest BCUT2D eigenvalue weighted by molar-refractivity contribution is 6.15. The summed E-state index contributed by atoms with van der Waals surface area (Å²) in [7, 11) is 0. The lowest BCUT2D eigenvalue weighted by Crippen LogP contribution is -2.15. The summed E-state index contributed by atoms with van der Waals surface area (Å²) in [5.74, 6) is -0.644. The molecule has 0 saturated heterocycles. The van der Waals surface area contributed by atoms with E-state index < -0.39 is 10.8 Å². The first-order valence-electron chi connectivity index (χ1n) is 8.22. The number of hydrogen-bond acceptors (Lipinski definition) is 4. The zero-order chi connectivity index (χ0) is 19.4. The Kier molecular flexibility index (Phi) is 5.08. The van der Waals surface area contributed by atoms with Crippen molar-refractivity contribution in [3.8, 4) is 0 Å². The van der Waals surface area contributed by atoms with Gasteiger partial charge in [-0.05, 0) is 31.2 Å². The average Bonchev–Trinajstić information content (AvgIpc) is 2.69. The van der Waals surface area contributed by atoms with E-state index in [0.29, 0.717) is 16.8 Å². The van der Waals surface area contributed by atoms with Crippen molar-refractivity contribution >= 4 is 23.1 Å². The van der Waals surface area contributed by atoms with Crippen LogP contribution in [0, 0.1) is 17.0 Å². The Morgan fingerprint density at radius 1 is 0.889 bits per heavy atom. The Morgan fingerprint density at radius 2 is 1.56 bits per heavy atom. The highest BCUT2D eigenvalue weighted by Crippen LogP contribution is 2.22. The summed E-state index contributed by atoms with van der Waals surface area (Å²) in [6, 6.07) is 19.3. The van der Waals surface area contributed by atoms with Gasteiger partial charge < -0.3 is 5.32 Å². The predicted molar refractivity (Wildman–Crippen MR) is 102 cm³/mol. The molecule has 0 fully saturated rings. The molecule has 0 bridgehead atoms. The van der Waals surface area contributed by atoms with E-state index in [9.17, 15) is 19.7 Å². The minimum atomic E-state index is -0.529. The first-order valence-corrected chi connectivity index (χ1v) is 8.22. The molecule has 3 aromatic rings. The standard InChI is InChI=1S/C21H16N2O4/c1-14-7-12-19(18(13-14)20(24)15-5-3-2-4-6-15)22-21(25)16-8-10-17(11-9-16)23(26)27/h2-13H,1H3,(H,22,25). The zero-order valence-electron chi connectivity index (χ0n) is 14.5. The normalized spacial score (nSPS) is 10.3. The Labute approximate surface area is 155 Å². The number of nitro benzene ring substituents is 1. The molecule has 0 spiro atoms. The summed E-state index contributed by atoms with van der Waals surface area (Å²) < 4.78 is 0. The molecule has 0 unspecified atom stereocenters. The third-order valence-corrected chi connectivity index (χ3v) is 4.04. The Bertz CT molecular complexity index is 1010. The summed E-state index contributed by atoms with van der Waals surface area (Å²) in [5, 5.41) is 13.5. The second-order valence-electron chi connectivity index (χ2n) is 6.00. The van der Waals surface area contributed by atoms with Crippen molar-refractivity contribution in [1.82, 2.24) is 0 Å². The molecule has 0 aromatic heterocycles. The molecule has 134 valence electrons. The Balaban J connectivity index is 1.89. The highest BCUT2D eigenvalue weighted by Gasteiger charge is 2.17. The number of hydrogen-bond donors (Lipinski definition) is 1. The van der Waals surface area contributed by atoms with Crippen LogP contribution < -0.4 is 5.32 Å². The van der Waals surface area contributed by atoms with Gasteiger partial charge in [0.05, 0.1) is 10.6 Å². The summed E-state index contributed by atoms with van der Waals surface area (Å²) in [5.41, 5.74) is 2.35. The molecular weight excluding hydrogens is 344 g/mol. The van der Waals surface area contributed by atoms with E-state index in [1.54, 1.807) is 42.5 Å². The van der Waals surface area contributed by atoms with Crippen LogP contribution >= 0.6 is 0 Å². The molecule has 1 N–H and O–H groups in total. The Hall–Kier alpha value is -3.80. The molecular formula is C21H16N2O4. The van der Waals surface area contributed by atoms with Gasteiger partial charge in [0, 0.05) is 28.8 Å². The van der Waals surface area contributed by atoms with Gasteiger partial charge in [0.1, 0.15) is 0 Å². The quantitative estimate of drug-likeness (QED) is 0.415. The third-order valence-electron chi connectivity index (χ3n) is 4.04. The molecule has 0 aliphatic rings. The van der Waals surface area contributed by atoms with Crippen LogP contribution in [0.5, 0.6) is 0 Å². The fourth-order valence-electron chi connectivity index (χ4n) is 2.63. The number of rotatable bonds is 5. The van der Waals surface area contributed by atoms with Crippen LogP contribution in [0.25, 0.3) is 0 Å². The van der Waals surface area contributed by atoms with Crippen molar-refractivity contribution in [2.75, 3.05) is 5.32 Å². The monoisotopic (exact) mass is 360 g/mol. The number of anilines is 1. The van der Waals surface area contributed by atoms with Crippen molar-refractivity contribution < 1.29 is 14.5 Å². The maximum absolute atomic E-state index is 12.8. The first kappa shape index (κ1) is 18.0. The van der Waals surface area contributed by atoms with Gasteiger partial charge in [0.25, 0.3) is 11.6 Å². The average molecular weight is 360 g/mol. The number of non-ortho nitro benzene ring substituents is 1. The largest absolute Gasteiger partial charge is 0.321 e. The van der Waals surface area contributed by atoms with Crippen molar-refractivity contribution in [3.05, 3.63) is 105 Å². The molecule has 0 radical (unpaired) electrons. The molecule has 0 atom stereocenters. The van der Waals surface area contributed by atoms with E-state index in [0.717, 1.165) is 5.56 Å². The number of carbonyl (C=O) groups excluding carboxylic acids is 2. The van der Waals surface area contributed by atoms with Crippen LogP contribution in [0.15, 0.2) is 72.8 Å². The number of benzene rings is 3. The molecule has 0 aliphatic heterocycles. The minimum Gasteiger partial charge on any atom is -0.321 e. The summed E-state index contributed by atoms with van der Waals surface area (Å²) >= 11 is 0. The number of aryl methyl sites for hydroxylation is 1. The number of nitro groups is 1. The van der Waals surface area contributed by atoms with Crippen molar-refractivity contribution in [2.45, 2.75) is 6.92 Å². The molecule has 0 saturated carbocycles. The summed E-state index contributed by atoms with van der Waals surface area (Å²) in [6.07, 6.45) is 0. The number of carbonyl (C=O) groups is 2. The minimum absolute atomic E-state index is 0.0955. The van der Waals surface area contributed by atoms with Gasteiger partial charge in [-0.25, -0.2) is 0 Å². The van der Waals surface area contributed by atoms with Gasteiger partial charge >= 0.3 is 0 Å². The van der Waals surface area contributed by atoms with Crippen LogP contribution in [0.1, 0.15) is 31.8 Å². The van der Waals surface area contributed by atoms with Gasteiger partial charge in [-0.1, -0.05) is 42.0 Å². The third kappa shape index (κ3) is 4.07. The lowest BCUT2D eigenvalue weighted by molar-refractivity contribution is -0.384. The predicted octanol–water partition coefficient (Wildman–Crippen LogP) is 4.39. The molecule has 0 heterocycles. The Morgan fingerprint density at radius 3 is 2.19 bits per heavy atom. The van der Waals surface area contributed by atoms with Crippen LogP contribution in [-0.4, -0.2) is 16.6 Å². The number of nitrogens with zero attached hydrogens (tertiary/aromatic N) is 1. The highest BCUT2D eigenvalue weighted by atomic mass is 16.6. The molecule has 6 nitrogen and oxygen atoms in total. The smallest absolute Gasteiger partial charge is 0.269 e. The van der Waals surface area contributed by atoms with Crippen LogP contribution in [0.4, 0.5) is 11.4 Å². The first-order chi connectivity index (χ1) is 13.0. The number of ketones is 1. The van der Waals surface area contributed by atoms with Crippen molar-refractivity contribution in [2.24, 2.45) is 0 Å². The lowest BCUT2D eigenvalue weighted by atomic mass is 9.99. The van der Waals surface area contributed by atoms with Gasteiger partial charge in [-0.2, -0.15) is 0 Å². The zero-order valence-corrected chi connectivity index (χ0v) is 14.5. The molecule has 6 heteroatoms. The van der Waals surface area contributed by atoms with E-state index in [1.165, 1.54) is 24.3 Å². The molecule has 1 amide bonds. The lowest BCUT2D eigenvalue weighted by Gasteiger charge is -2.12. The molecule has 3 rings (SSSR count). The van der Waals surface area contributed by atoms with Gasteiger partial charge in [0.15, 0.2) is 5.78 Å². The second kappa shape index (κ2) is 7.61. The van der Waals surface area contributed by atoms with Crippen LogP contribution in [0.3, 0.4) is 0 Å². The summed E-state index contributed by atoms with van der Waals surface area (Å²) in [6.45, 7) is 1.86. The molecule has 3 aromatic carbocycles. The fourth-order valence-corrected chi connectivity index (χ4v) is 2.63. The number of nitrogens with one attached hydrogen (secondary N) is 1. The van der Waals surface area contributed by atoms with E-state index in [2.05, 4.69) is 5.32 Å². The SMILES string of the molecule is Cc1ccc(NC(=O)c2ccc([N+](=O)[O-])cc2)c(C(=O)c2ccccc2)c1. The maximum atomic E-state index is 12.8. The second-order valence-corrected chi connectivity index (χ2v) is 6.00. The van der Waals surface area contributed by atoms with Crippen molar-refractivity contribution in [3.63, 3.8) is 0 Å². The molecule has 0 aliphatic carbocycles. The van der Waals surface area contributed by atoms with E-state index >= 15 is 0 Å². The van der Waals surface area contributed by atoms with Crippen LogP contribution in [0.2, 0.25) is 0 Å². The van der Waals surface area contributed by atoms with Gasteiger partial charge in [0.2, 0.25) is 0 Å². The molecule has 27 heavy (non-hydrogen) atoms. The summed E-state index contributed by atoms with van der Waals surface area (Å²) in [4.78, 5) is 35.5. The van der Waals surface area contributed by atoms with Gasteiger partial charge in [-0.15, -0.1) is 0 Å². The fraction of sp³-hybridized carbons (Fsp3) is 0.0476. The number of amides is 1. The maximum Gasteiger partial charge on any atom is 0.269 e. The topological polar surface area (TPSA) is 89.3 Å². The van der Waals surface area contributed by atoms with E-state index in [4.69, 9.17) is 0 Å².